The lowest BCUT2D eigenvalue weighted by molar-refractivity contribution is -0.146. The summed E-state index contributed by atoms with van der Waals surface area (Å²) in [6, 6.07) is 7.92. The van der Waals surface area contributed by atoms with E-state index >= 15 is 0 Å². The molecular formula is C37H57N5O6. The van der Waals surface area contributed by atoms with Gasteiger partial charge in [0, 0.05) is 39.7 Å². The fraction of sp³-hybridized carbons (Fsp3) is 0.676. The van der Waals surface area contributed by atoms with Crippen molar-refractivity contribution in [2.24, 2.45) is 11.8 Å². The minimum Gasteiger partial charge on any atom is -0.436 e. The van der Waals surface area contributed by atoms with Gasteiger partial charge in [0.05, 0.1) is 36.8 Å². The van der Waals surface area contributed by atoms with Crippen molar-refractivity contribution < 1.29 is 29.0 Å². The Morgan fingerprint density at radius 1 is 1.06 bits per heavy atom. The molecule has 2 aromatic rings. The summed E-state index contributed by atoms with van der Waals surface area (Å²) in [5.41, 5.74) is 1.45. The third-order valence-corrected chi connectivity index (χ3v) is 9.97. The largest absolute Gasteiger partial charge is 0.436 e. The zero-order chi connectivity index (χ0) is 34.5. The Balaban J connectivity index is 1.57. The number of H-pyrrole nitrogens is 1. The summed E-state index contributed by atoms with van der Waals surface area (Å²) in [5.74, 6) is 0.0258. The third kappa shape index (κ3) is 11.1. The number of amides is 3. The number of ether oxygens (including phenoxy) is 2. The van der Waals surface area contributed by atoms with Crippen molar-refractivity contribution in [2.75, 3.05) is 27.3 Å². The number of aliphatic hydroxyl groups excluding tert-OH is 1. The summed E-state index contributed by atoms with van der Waals surface area (Å²) in [5, 5.41) is 14.5. The van der Waals surface area contributed by atoms with Crippen LogP contribution in [-0.4, -0.2) is 100 Å². The van der Waals surface area contributed by atoms with Gasteiger partial charge in [0.2, 0.25) is 5.91 Å². The third-order valence-electron chi connectivity index (χ3n) is 9.97. The molecule has 11 heteroatoms. The Bertz CT molecular complexity index is 1250. The molecule has 4 rings (SSSR count). The molecule has 3 unspecified atom stereocenters. The topological polar surface area (TPSA) is 137 Å². The molecule has 1 aliphatic carbocycles. The van der Waals surface area contributed by atoms with Gasteiger partial charge in [-0.05, 0) is 49.5 Å². The molecule has 2 fully saturated rings. The van der Waals surface area contributed by atoms with Gasteiger partial charge in [-0.2, -0.15) is 0 Å². The number of aromatic nitrogens is 2. The number of hydrogen-bond donors (Lipinski definition) is 3. The number of likely N-dealkylation sites (tertiary alicyclic amines) is 1. The summed E-state index contributed by atoms with van der Waals surface area (Å²) in [4.78, 5) is 52.4. The highest BCUT2D eigenvalue weighted by Crippen LogP contribution is 2.29. The molecule has 5 atom stereocenters. The van der Waals surface area contributed by atoms with E-state index in [9.17, 15) is 19.5 Å². The first-order chi connectivity index (χ1) is 23.2. The summed E-state index contributed by atoms with van der Waals surface area (Å²) in [6.45, 7) is 5.17. The molecular weight excluding hydrogens is 610 g/mol. The van der Waals surface area contributed by atoms with E-state index in [1.165, 1.54) is 11.3 Å². The molecule has 2 heterocycles. The zero-order valence-corrected chi connectivity index (χ0v) is 29.3. The fourth-order valence-corrected chi connectivity index (χ4v) is 7.10. The summed E-state index contributed by atoms with van der Waals surface area (Å²) < 4.78 is 11.3. The number of rotatable bonds is 17. The first-order valence-corrected chi connectivity index (χ1v) is 17.9. The number of nitrogens with one attached hydrogen (secondary N) is 2. The smallest absolute Gasteiger partial charge is 0.410 e. The predicted octanol–water partition coefficient (Wildman–Crippen LogP) is 4.89. The number of likely N-dealkylation sites (N-methyl/N-ethyl adjacent to an activating group) is 1. The van der Waals surface area contributed by atoms with Crippen molar-refractivity contribution in [3.63, 3.8) is 0 Å². The van der Waals surface area contributed by atoms with Crippen LogP contribution < -0.4 is 5.32 Å². The van der Waals surface area contributed by atoms with Crippen molar-refractivity contribution in [2.45, 2.75) is 121 Å². The molecule has 0 radical (unpaired) electrons. The molecule has 266 valence electrons. The Morgan fingerprint density at radius 3 is 2.48 bits per heavy atom. The van der Waals surface area contributed by atoms with Crippen molar-refractivity contribution in [1.82, 2.24) is 25.1 Å². The molecule has 1 aliphatic heterocycles. The second-order valence-electron chi connectivity index (χ2n) is 14.1. The Hall–Kier alpha value is -3.44. The fourth-order valence-electron chi connectivity index (χ4n) is 7.10. The first-order valence-electron chi connectivity index (χ1n) is 17.9. The monoisotopic (exact) mass is 667 g/mol. The van der Waals surface area contributed by atoms with Crippen LogP contribution in [0.25, 0.3) is 0 Å². The van der Waals surface area contributed by atoms with Crippen molar-refractivity contribution in [3.05, 3.63) is 54.1 Å². The number of benzene rings is 1. The lowest BCUT2D eigenvalue weighted by Crippen LogP contribution is -2.56. The lowest BCUT2D eigenvalue weighted by Gasteiger charge is -2.34. The summed E-state index contributed by atoms with van der Waals surface area (Å²) >= 11 is 0. The molecule has 1 saturated heterocycles. The zero-order valence-electron chi connectivity index (χ0n) is 29.3. The normalized spacial score (nSPS) is 19.5. The highest BCUT2D eigenvalue weighted by atomic mass is 16.6. The van der Waals surface area contributed by atoms with Gasteiger partial charge >= 0.3 is 6.09 Å². The highest BCUT2D eigenvalue weighted by Gasteiger charge is 2.38. The molecule has 2 aliphatic rings. The van der Waals surface area contributed by atoms with Crippen LogP contribution in [0.2, 0.25) is 0 Å². The minimum atomic E-state index is -1.15. The van der Waals surface area contributed by atoms with Crippen LogP contribution in [0.1, 0.15) is 89.3 Å². The molecule has 3 amide bonds. The van der Waals surface area contributed by atoms with Crippen LogP contribution in [0.3, 0.4) is 0 Å². The maximum Gasteiger partial charge on any atom is 0.410 e. The van der Waals surface area contributed by atoms with Gasteiger partial charge < -0.3 is 34.7 Å². The van der Waals surface area contributed by atoms with Crippen molar-refractivity contribution in [3.8, 4) is 0 Å². The second-order valence-corrected chi connectivity index (χ2v) is 14.1. The molecule has 1 aromatic carbocycles. The number of aliphatic hydroxyl groups is 1. The average molecular weight is 668 g/mol. The van der Waals surface area contributed by atoms with E-state index in [0.29, 0.717) is 43.5 Å². The molecule has 11 nitrogen and oxygen atoms in total. The minimum absolute atomic E-state index is 0.117. The van der Waals surface area contributed by atoms with E-state index < -0.39 is 36.3 Å². The van der Waals surface area contributed by atoms with Crippen molar-refractivity contribution in [1.29, 1.82) is 0 Å². The number of carbonyl (C=O) groups excluding carboxylic acids is 3. The van der Waals surface area contributed by atoms with Gasteiger partial charge in [-0.1, -0.05) is 76.3 Å². The van der Waals surface area contributed by atoms with E-state index in [4.69, 9.17) is 9.47 Å². The van der Waals surface area contributed by atoms with Gasteiger partial charge in [-0.3, -0.25) is 9.59 Å². The SMILES string of the molecule is COC[C@@H]1CCCN1C(=O)OC(Cc1ccccc1)C(=O)N(C)[C@@H](Cc1c[nH]cn1)C(=O)NC(CC1CCCCC1)C(O)CCC(C)C. The number of aromatic amines is 1. The van der Waals surface area contributed by atoms with Gasteiger partial charge in [0.25, 0.3) is 5.91 Å². The molecule has 1 saturated carbocycles. The molecule has 48 heavy (non-hydrogen) atoms. The van der Waals surface area contributed by atoms with Crippen LogP contribution in [0, 0.1) is 11.8 Å². The number of hydrogen-bond acceptors (Lipinski definition) is 7. The Kier molecular flexibility index (Phi) is 14.7. The second kappa shape index (κ2) is 18.9. The maximum atomic E-state index is 14.3. The van der Waals surface area contributed by atoms with E-state index in [2.05, 4.69) is 29.1 Å². The van der Waals surface area contributed by atoms with E-state index in [0.717, 1.165) is 50.5 Å². The van der Waals surface area contributed by atoms with Crippen LogP contribution >= 0.6 is 0 Å². The molecule has 1 aromatic heterocycles. The number of imidazole rings is 1. The summed E-state index contributed by atoms with van der Waals surface area (Å²) in [6.07, 6.45) is 10.7. The quantitative estimate of drug-likeness (QED) is 0.219. The molecule has 0 bridgehead atoms. The van der Waals surface area contributed by atoms with Crippen LogP contribution in [0.15, 0.2) is 42.9 Å². The van der Waals surface area contributed by atoms with Gasteiger partial charge in [0.1, 0.15) is 6.04 Å². The highest BCUT2D eigenvalue weighted by molar-refractivity contribution is 5.90. The number of carbonyl (C=O) groups is 3. The number of nitrogens with zero attached hydrogens (tertiary/aromatic N) is 3. The van der Waals surface area contributed by atoms with E-state index in [1.807, 2.05) is 30.3 Å². The van der Waals surface area contributed by atoms with Gasteiger partial charge in [-0.15, -0.1) is 0 Å². The summed E-state index contributed by atoms with van der Waals surface area (Å²) in [7, 11) is 3.19. The van der Waals surface area contributed by atoms with Crippen LogP contribution in [0.4, 0.5) is 4.79 Å². The Morgan fingerprint density at radius 2 is 1.81 bits per heavy atom. The predicted molar refractivity (Wildman–Crippen MR) is 184 cm³/mol. The number of methoxy groups -OCH3 is 1. The molecule has 0 spiro atoms. The van der Waals surface area contributed by atoms with E-state index in [-0.39, 0.29) is 24.8 Å². The van der Waals surface area contributed by atoms with Gasteiger partial charge in [-0.25, -0.2) is 9.78 Å². The van der Waals surface area contributed by atoms with E-state index in [1.54, 1.807) is 31.6 Å². The standard InChI is InChI=1S/C37H57N5O6/c1-26(2)17-18-33(43)31(20-27-12-7-5-8-13-27)40-35(44)32(22-29-23-38-25-39-29)41(3)36(45)34(21-28-14-9-6-10-15-28)48-37(46)42-19-11-16-30(42)24-47-4/h6,9-10,14-15,23,25-27,30-34,43H,5,7-8,11-13,16-22,24H2,1-4H3,(H,38,39)(H,40,44)/t30-,31?,32-,33?,34?/m0/s1. The van der Waals surface area contributed by atoms with Gasteiger partial charge in [0.15, 0.2) is 6.10 Å². The lowest BCUT2D eigenvalue weighted by atomic mass is 9.83. The molecule has 3 N–H and O–H groups in total. The van der Waals surface area contributed by atoms with Crippen LogP contribution in [-0.2, 0) is 31.9 Å². The van der Waals surface area contributed by atoms with Crippen LogP contribution in [0.5, 0.6) is 0 Å². The maximum absolute atomic E-state index is 14.3. The first kappa shape index (κ1) is 37.4. The van der Waals surface area contributed by atoms with Crippen molar-refractivity contribution >= 4 is 17.9 Å². The Labute approximate surface area is 286 Å². The average Bonchev–Trinajstić information content (AvgIpc) is 3.78.